The zero-order chi connectivity index (χ0) is 12.1. The van der Waals surface area contributed by atoms with Gasteiger partial charge in [0, 0.05) is 31.0 Å². The molecule has 0 radical (unpaired) electrons. The van der Waals surface area contributed by atoms with Crippen LogP contribution in [-0.4, -0.2) is 29.0 Å². The van der Waals surface area contributed by atoms with Gasteiger partial charge in [-0.2, -0.15) is 0 Å². The molecule has 1 aromatic rings. The summed E-state index contributed by atoms with van der Waals surface area (Å²) in [5.41, 5.74) is 2.38. The van der Waals surface area contributed by atoms with Gasteiger partial charge in [-0.15, -0.1) is 0 Å². The minimum absolute atomic E-state index is 0.814. The molecule has 0 unspecified atom stereocenters. The van der Waals surface area contributed by atoms with Gasteiger partial charge in [0.15, 0.2) is 0 Å². The standard InChI is InChI=1S/C14H23N3/c1-3-8-15-12-7-9-16-13(10-12)11-17(4-2)14-5-6-14/h7,9-10,14H,3-6,8,11H2,1-2H3,(H,15,16). The largest absolute Gasteiger partial charge is 0.385 e. The van der Waals surface area contributed by atoms with Crippen molar-refractivity contribution >= 4 is 5.69 Å². The SMILES string of the molecule is CCCNc1ccnc(CN(CC)C2CC2)c1. The molecule has 17 heavy (non-hydrogen) atoms. The van der Waals surface area contributed by atoms with E-state index in [1.165, 1.54) is 24.2 Å². The number of anilines is 1. The number of aromatic nitrogens is 1. The number of rotatable bonds is 7. The van der Waals surface area contributed by atoms with Crippen molar-refractivity contribution < 1.29 is 0 Å². The summed E-state index contributed by atoms with van der Waals surface area (Å²) in [6.45, 7) is 7.56. The second-order valence-electron chi connectivity index (χ2n) is 4.76. The molecule has 0 bridgehead atoms. The van der Waals surface area contributed by atoms with E-state index in [0.717, 1.165) is 32.1 Å². The Hall–Kier alpha value is -1.09. The normalized spacial score (nSPS) is 15.2. The first-order valence-corrected chi connectivity index (χ1v) is 6.76. The van der Waals surface area contributed by atoms with E-state index in [1.807, 2.05) is 12.3 Å². The molecule has 0 atom stereocenters. The van der Waals surface area contributed by atoms with Crippen molar-refractivity contribution in [3.05, 3.63) is 24.0 Å². The zero-order valence-corrected chi connectivity index (χ0v) is 10.9. The van der Waals surface area contributed by atoms with E-state index in [2.05, 4.69) is 35.1 Å². The first-order chi connectivity index (χ1) is 8.33. The molecule has 2 rings (SSSR count). The lowest BCUT2D eigenvalue weighted by atomic mass is 10.3. The van der Waals surface area contributed by atoms with Crippen LogP contribution in [0, 0.1) is 0 Å². The zero-order valence-electron chi connectivity index (χ0n) is 10.9. The Morgan fingerprint density at radius 3 is 2.88 bits per heavy atom. The smallest absolute Gasteiger partial charge is 0.0564 e. The van der Waals surface area contributed by atoms with Crippen LogP contribution >= 0.6 is 0 Å². The molecule has 1 saturated carbocycles. The highest BCUT2D eigenvalue weighted by Crippen LogP contribution is 2.27. The minimum Gasteiger partial charge on any atom is -0.385 e. The fourth-order valence-electron chi connectivity index (χ4n) is 2.09. The number of hydrogen-bond acceptors (Lipinski definition) is 3. The van der Waals surface area contributed by atoms with Crippen LogP contribution in [0.5, 0.6) is 0 Å². The van der Waals surface area contributed by atoms with Crippen molar-refractivity contribution in [3.8, 4) is 0 Å². The molecular weight excluding hydrogens is 210 g/mol. The lowest BCUT2D eigenvalue weighted by molar-refractivity contribution is 0.266. The molecule has 0 aromatic carbocycles. The van der Waals surface area contributed by atoms with Gasteiger partial charge in [-0.25, -0.2) is 0 Å². The van der Waals surface area contributed by atoms with E-state index in [-0.39, 0.29) is 0 Å². The van der Waals surface area contributed by atoms with Gasteiger partial charge in [0.1, 0.15) is 0 Å². The number of nitrogens with zero attached hydrogens (tertiary/aromatic N) is 2. The van der Waals surface area contributed by atoms with Crippen molar-refractivity contribution in [1.29, 1.82) is 0 Å². The molecule has 1 aliphatic carbocycles. The summed E-state index contributed by atoms with van der Waals surface area (Å²) in [6, 6.07) is 5.04. The highest BCUT2D eigenvalue weighted by Gasteiger charge is 2.27. The predicted octanol–water partition coefficient (Wildman–Crippen LogP) is 2.89. The fraction of sp³-hybridized carbons (Fsp3) is 0.643. The lowest BCUT2D eigenvalue weighted by Crippen LogP contribution is -2.25. The summed E-state index contributed by atoms with van der Waals surface area (Å²) in [4.78, 5) is 6.98. The summed E-state index contributed by atoms with van der Waals surface area (Å²) in [7, 11) is 0. The lowest BCUT2D eigenvalue weighted by Gasteiger charge is -2.19. The molecule has 1 aliphatic rings. The van der Waals surface area contributed by atoms with Crippen LogP contribution in [0.1, 0.15) is 38.8 Å². The van der Waals surface area contributed by atoms with Gasteiger partial charge in [0.2, 0.25) is 0 Å². The van der Waals surface area contributed by atoms with Gasteiger partial charge in [-0.1, -0.05) is 13.8 Å². The average molecular weight is 233 g/mol. The molecule has 0 spiro atoms. The van der Waals surface area contributed by atoms with Gasteiger partial charge in [-0.3, -0.25) is 9.88 Å². The molecule has 94 valence electrons. The first-order valence-electron chi connectivity index (χ1n) is 6.76. The maximum atomic E-state index is 4.46. The van der Waals surface area contributed by atoms with Crippen LogP contribution in [-0.2, 0) is 6.54 Å². The van der Waals surface area contributed by atoms with E-state index < -0.39 is 0 Å². The average Bonchev–Trinajstić information content (AvgIpc) is 3.18. The highest BCUT2D eigenvalue weighted by atomic mass is 15.2. The molecule has 1 heterocycles. The molecule has 1 aromatic heterocycles. The maximum Gasteiger partial charge on any atom is 0.0564 e. The van der Waals surface area contributed by atoms with Gasteiger partial charge in [0.25, 0.3) is 0 Å². The molecular formula is C14H23N3. The second kappa shape index (κ2) is 6.01. The van der Waals surface area contributed by atoms with Gasteiger partial charge in [0.05, 0.1) is 5.69 Å². The Morgan fingerprint density at radius 1 is 1.41 bits per heavy atom. The van der Waals surface area contributed by atoms with Crippen LogP contribution in [0.2, 0.25) is 0 Å². The van der Waals surface area contributed by atoms with Gasteiger partial charge < -0.3 is 5.32 Å². The first kappa shape index (κ1) is 12.4. The number of hydrogen-bond donors (Lipinski definition) is 1. The van der Waals surface area contributed by atoms with E-state index in [0.29, 0.717) is 0 Å². The third kappa shape index (κ3) is 3.70. The Kier molecular flexibility index (Phi) is 4.37. The monoisotopic (exact) mass is 233 g/mol. The Balaban J connectivity index is 1.94. The fourth-order valence-corrected chi connectivity index (χ4v) is 2.09. The summed E-state index contributed by atoms with van der Waals surface area (Å²) in [5, 5.41) is 3.41. The summed E-state index contributed by atoms with van der Waals surface area (Å²) in [5.74, 6) is 0. The van der Waals surface area contributed by atoms with Crippen LogP contribution in [0.3, 0.4) is 0 Å². The number of pyridine rings is 1. The van der Waals surface area contributed by atoms with Crippen molar-refractivity contribution in [1.82, 2.24) is 9.88 Å². The molecule has 0 aliphatic heterocycles. The van der Waals surface area contributed by atoms with Crippen LogP contribution in [0.25, 0.3) is 0 Å². The van der Waals surface area contributed by atoms with Crippen molar-refractivity contribution in [3.63, 3.8) is 0 Å². The van der Waals surface area contributed by atoms with E-state index >= 15 is 0 Å². The third-order valence-corrected chi connectivity index (χ3v) is 3.23. The van der Waals surface area contributed by atoms with E-state index in [4.69, 9.17) is 0 Å². The number of nitrogens with one attached hydrogen (secondary N) is 1. The van der Waals surface area contributed by atoms with Crippen LogP contribution in [0.4, 0.5) is 5.69 Å². The molecule has 3 nitrogen and oxygen atoms in total. The maximum absolute atomic E-state index is 4.46. The molecule has 1 N–H and O–H groups in total. The van der Waals surface area contributed by atoms with Crippen LogP contribution in [0.15, 0.2) is 18.3 Å². The topological polar surface area (TPSA) is 28.2 Å². The molecule has 0 amide bonds. The summed E-state index contributed by atoms with van der Waals surface area (Å²) in [6.07, 6.45) is 5.79. The Bertz CT molecular complexity index is 347. The van der Waals surface area contributed by atoms with Crippen molar-refractivity contribution in [2.75, 3.05) is 18.4 Å². The van der Waals surface area contributed by atoms with Crippen molar-refractivity contribution in [2.45, 2.75) is 45.7 Å². The summed E-state index contributed by atoms with van der Waals surface area (Å²) < 4.78 is 0. The minimum atomic E-state index is 0.814. The predicted molar refractivity (Wildman–Crippen MR) is 72.1 cm³/mol. The highest BCUT2D eigenvalue weighted by molar-refractivity contribution is 5.43. The van der Waals surface area contributed by atoms with Gasteiger partial charge >= 0.3 is 0 Å². The van der Waals surface area contributed by atoms with Crippen LogP contribution < -0.4 is 5.32 Å². The quantitative estimate of drug-likeness (QED) is 0.785. The van der Waals surface area contributed by atoms with E-state index in [1.54, 1.807) is 0 Å². The third-order valence-electron chi connectivity index (χ3n) is 3.23. The van der Waals surface area contributed by atoms with Crippen molar-refractivity contribution in [2.24, 2.45) is 0 Å². The molecule has 0 saturated heterocycles. The van der Waals surface area contributed by atoms with Gasteiger partial charge in [-0.05, 0) is 37.9 Å². The molecule has 3 heteroatoms. The van der Waals surface area contributed by atoms with E-state index in [9.17, 15) is 0 Å². The summed E-state index contributed by atoms with van der Waals surface area (Å²) >= 11 is 0. The Labute approximate surface area is 104 Å². The molecule has 1 fully saturated rings. The Morgan fingerprint density at radius 2 is 2.24 bits per heavy atom. The second-order valence-corrected chi connectivity index (χ2v) is 4.76.